The van der Waals surface area contributed by atoms with Crippen LogP contribution in [0.2, 0.25) is 0 Å². The topological polar surface area (TPSA) is 143 Å². The van der Waals surface area contributed by atoms with Gasteiger partial charge >= 0.3 is 0 Å². The van der Waals surface area contributed by atoms with Crippen molar-refractivity contribution >= 4 is 0 Å². The minimum absolute atomic E-state index is 0.604. The first-order chi connectivity index (χ1) is 16.0. The van der Waals surface area contributed by atoms with Crippen molar-refractivity contribution in [1.82, 2.24) is 44.9 Å². The molecule has 0 aliphatic rings. The third-order valence-corrected chi connectivity index (χ3v) is 5.64. The van der Waals surface area contributed by atoms with Crippen molar-refractivity contribution in [3.8, 4) is 22.8 Å². The third-order valence-electron chi connectivity index (χ3n) is 5.64. The second kappa shape index (κ2) is 10.1. The Morgan fingerprint density at radius 2 is 1.73 bits per heavy atom. The van der Waals surface area contributed by atoms with Gasteiger partial charge in [0.2, 0.25) is 0 Å². The van der Waals surface area contributed by atoms with Crippen molar-refractivity contribution in [1.29, 1.82) is 0 Å². The molecule has 4 rings (SSSR count). The third kappa shape index (κ3) is 4.88. The van der Waals surface area contributed by atoms with Gasteiger partial charge in [0.05, 0.1) is 18.1 Å². The molecule has 0 spiro atoms. The molecule has 0 aliphatic carbocycles. The number of nitrogens with one attached hydrogen (secondary N) is 2. The fourth-order valence-corrected chi connectivity index (χ4v) is 3.97. The van der Waals surface area contributed by atoms with Gasteiger partial charge in [-0.15, -0.1) is 0 Å². The van der Waals surface area contributed by atoms with Gasteiger partial charge in [0.1, 0.15) is 18.4 Å². The fraction of sp³-hybridized carbons (Fsp3) is 0.429. The molecule has 0 saturated heterocycles. The second-order valence-corrected chi connectivity index (χ2v) is 8.26. The van der Waals surface area contributed by atoms with Crippen LogP contribution in [0.3, 0.4) is 0 Å². The first-order valence-corrected chi connectivity index (χ1v) is 11.0. The van der Waals surface area contributed by atoms with Crippen molar-refractivity contribution in [3.63, 3.8) is 0 Å². The minimum Gasteiger partial charge on any atom is -0.329 e. The van der Waals surface area contributed by atoms with Gasteiger partial charge in [-0.05, 0) is 29.7 Å². The van der Waals surface area contributed by atoms with E-state index in [0.29, 0.717) is 13.1 Å². The summed E-state index contributed by atoms with van der Waals surface area (Å²) in [4.78, 5) is 8.15. The molecular formula is C21H33N12+. The number of aromatic nitrogens is 8. The molecule has 12 heteroatoms. The molecule has 0 atom stereocenters. The molecule has 0 saturated carbocycles. The summed E-state index contributed by atoms with van der Waals surface area (Å²) >= 11 is 0. The first-order valence-electron chi connectivity index (χ1n) is 11.0. The summed E-state index contributed by atoms with van der Waals surface area (Å²) in [6, 6.07) is 3.98. The van der Waals surface area contributed by atoms with Crippen LogP contribution in [0.1, 0.15) is 11.1 Å². The first kappa shape index (κ1) is 22.9. The second-order valence-electron chi connectivity index (χ2n) is 8.26. The summed E-state index contributed by atoms with van der Waals surface area (Å²) in [5.74, 6) is 0. The Labute approximate surface area is 192 Å². The zero-order valence-corrected chi connectivity index (χ0v) is 19.4. The molecule has 0 bridgehead atoms. The van der Waals surface area contributed by atoms with Crippen LogP contribution < -0.4 is 16.1 Å². The molecule has 0 radical (unpaired) electrons. The van der Waals surface area contributed by atoms with Crippen LogP contribution >= 0.6 is 0 Å². The molecule has 4 aromatic rings. The van der Waals surface area contributed by atoms with Crippen LogP contribution in [0.5, 0.6) is 0 Å². The van der Waals surface area contributed by atoms with Crippen molar-refractivity contribution in [2.24, 2.45) is 18.5 Å². The van der Waals surface area contributed by atoms with Gasteiger partial charge in [-0.25, -0.2) is 0 Å². The summed E-state index contributed by atoms with van der Waals surface area (Å²) in [5, 5.41) is 19.4. The Morgan fingerprint density at radius 1 is 1.00 bits per heavy atom. The highest BCUT2D eigenvalue weighted by molar-refractivity contribution is 5.58. The van der Waals surface area contributed by atoms with E-state index in [0.717, 1.165) is 60.1 Å². The summed E-state index contributed by atoms with van der Waals surface area (Å²) in [6.45, 7) is 4.33. The highest BCUT2D eigenvalue weighted by atomic mass is 15.7. The van der Waals surface area contributed by atoms with Crippen LogP contribution in [-0.4, -0.2) is 85.1 Å². The number of H-pyrrole nitrogens is 2. The van der Waals surface area contributed by atoms with Crippen molar-refractivity contribution < 1.29 is 4.68 Å². The molecule has 12 nitrogen and oxygen atoms in total. The van der Waals surface area contributed by atoms with Crippen LogP contribution in [0.25, 0.3) is 22.8 Å². The number of rotatable bonds is 11. The van der Waals surface area contributed by atoms with Gasteiger partial charge in [0.15, 0.2) is 11.9 Å². The van der Waals surface area contributed by atoms with Gasteiger partial charge < -0.3 is 21.3 Å². The number of nitrogens with zero attached hydrogens (tertiary/aromatic N) is 8. The minimum atomic E-state index is 0.604. The lowest BCUT2D eigenvalue weighted by Gasteiger charge is -2.14. The maximum atomic E-state index is 5.74. The van der Waals surface area contributed by atoms with E-state index in [-0.39, 0.29) is 0 Å². The molecule has 4 aromatic heterocycles. The maximum absolute atomic E-state index is 5.74. The van der Waals surface area contributed by atoms with E-state index in [2.05, 4.69) is 50.4 Å². The summed E-state index contributed by atoms with van der Waals surface area (Å²) in [6.07, 6.45) is 7.63. The Hall–Kier alpha value is -3.32. The highest BCUT2D eigenvalue weighted by Crippen LogP contribution is 2.22. The van der Waals surface area contributed by atoms with E-state index in [9.17, 15) is 0 Å². The quantitative estimate of drug-likeness (QED) is 0.222. The molecule has 0 unspecified atom stereocenters. The molecule has 4 heterocycles. The van der Waals surface area contributed by atoms with Gasteiger partial charge in [-0.1, -0.05) is 5.10 Å². The summed E-state index contributed by atoms with van der Waals surface area (Å²) in [7, 11) is 6.11. The Morgan fingerprint density at radius 3 is 2.39 bits per heavy atom. The molecule has 0 amide bonds. The summed E-state index contributed by atoms with van der Waals surface area (Å²) in [5.41, 5.74) is 17.3. The Kier molecular flexibility index (Phi) is 6.99. The van der Waals surface area contributed by atoms with Crippen LogP contribution in [0.15, 0.2) is 36.9 Å². The Bertz CT molecular complexity index is 1150. The number of hydrogen-bond donors (Lipinski definition) is 4. The summed E-state index contributed by atoms with van der Waals surface area (Å²) < 4.78 is 2.04. The predicted octanol–water partition coefficient (Wildman–Crippen LogP) is -0.618. The van der Waals surface area contributed by atoms with Gasteiger partial charge in [0.25, 0.3) is 0 Å². The highest BCUT2D eigenvalue weighted by Gasteiger charge is 2.23. The number of likely N-dealkylation sites (N-methyl/N-ethyl adjacent to an activating group) is 2. The zero-order chi connectivity index (χ0) is 23.4. The number of aromatic amines is 2. The monoisotopic (exact) mass is 453 g/mol. The van der Waals surface area contributed by atoms with Crippen LogP contribution in [-0.2, 0) is 20.1 Å². The molecule has 0 fully saturated rings. The van der Waals surface area contributed by atoms with Crippen molar-refractivity contribution in [2.45, 2.75) is 13.1 Å². The standard InChI is InChI=1S/C21H32N12/c1-29(10-6-22)13-16-12-25-27-21(16)19-5-9-33(31(19)3)32-15-17(14-30(2)11-7-23)20(28-32)18-4-8-24-26-18/h4-5,8-9,12,15H,6-7,10-11,13-14,22-23H2,1-3H3,(H,24,26,28)/p+1. The van der Waals surface area contributed by atoms with E-state index in [1.807, 2.05) is 46.0 Å². The molecule has 0 aliphatic heterocycles. The van der Waals surface area contributed by atoms with E-state index in [1.165, 1.54) is 0 Å². The fourth-order valence-electron chi connectivity index (χ4n) is 3.97. The Balaban J connectivity index is 1.67. The smallest absolute Gasteiger partial charge is 0.174 e. The van der Waals surface area contributed by atoms with E-state index < -0.39 is 0 Å². The van der Waals surface area contributed by atoms with Crippen molar-refractivity contribution in [2.75, 3.05) is 40.3 Å². The van der Waals surface area contributed by atoms with Gasteiger partial charge in [-0.3, -0.25) is 10.2 Å². The number of nitrogens with two attached hydrogens (primary N) is 2. The predicted molar refractivity (Wildman–Crippen MR) is 125 cm³/mol. The average molecular weight is 454 g/mol. The molecule has 6 N–H and O–H groups in total. The van der Waals surface area contributed by atoms with E-state index in [4.69, 9.17) is 16.6 Å². The van der Waals surface area contributed by atoms with Gasteiger partial charge in [0, 0.05) is 62.7 Å². The normalized spacial score (nSPS) is 11.8. The number of hydrogen-bond acceptors (Lipinski definition) is 7. The van der Waals surface area contributed by atoms with Crippen LogP contribution in [0, 0.1) is 0 Å². The van der Waals surface area contributed by atoms with E-state index >= 15 is 0 Å². The SMILES string of the molecule is CN(CCN)Cc1cn(-n2ccc(-c3[nH]ncc3CN(C)CCN)[n+]2C)nc1-c1ccn[nH]1. The van der Waals surface area contributed by atoms with Gasteiger partial charge in [-0.2, -0.15) is 14.9 Å². The molecule has 33 heavy (non-hydrogen) atoms. The lowest BCUT2D eigenvalue weighted by molar-refractivity contribution is -0.748. The van der Waals surface area contributed by atoms with Crippen LogP contribution in [0.4, 0.5) is 0 Å². The van der Waals surface area contributed by atoms with Crippen molar-refractivity contribution in [3.05, 3.63) is 48.0 Å². The molecule has 0 aromatic carbocycles. The van der Waals surface area contributed by atoms with E-state index in [1.54, 1.807) is 6.20 Å². The lowest BCUT2D eigenvalue weighted by Crippen LogP contribution is -2.43. The largest absolute Gasteiger partial charge is 0.329 e. The molecular weight excluding hydrogens is 420 g/mol. The molecule has 176 valence electrons. The lowest BCUT2D eigenvalue weighted by atomic mass is 10.2. The maximum Gasteiger partial charge on any atom is 0.174 e. The average Bonchev–Trinajstić information content (AvgIpc) is 3.55. The zero-order valence-electron chi connectivity index (χ0n) is 19.4.